The molecule has 1 amide bonds. The van der Waals surface area contributed by atoms with Gasteiger partial charge in [0.1, 0.15) is 6.04 Å². The van der Waals surface area contributed by atoms with Gasteiger partial charge in [0.15, 0.2) is 0 Å². The van der Waals surface area contributed by atoms with Gasteiger partial charge in [-0.05, 0) is 19.2 Å². The molecule has 1 aliphatic heterocycles. The van der Waals surface area contributed by atoms with E-state index in [1.165, 1.54) is 4.88 Å². The molecule has 1 aliphatic rings. The van der Waals surface area contributed by atoms with Crippen LogP contribution >= 0.6 is 22.9 Å². The first-order chi connectivity index (χ1) is 11.6. The molecule has 1 saturated heterocycles. The number of hydrogen-bond donors (Lipinski definition) is 1. The van der Waals surface area contributed by atoms with E-state index >= 15 is 0 Å². The van der Waals surface area contributed by atoms with Crippen molar-refractivity contribution in [2.75, 3.05) is 33.2 Å². The first-order valence-corrected chi connectivity index (χ1v) is 9.17. The Labute approximate surface area is 151 Å². The van der Waals surface area contributed by atoms with Crippen LogP contribution in [0.4, 0.5) is 0 Å². The number of likely N-dealkylation sites (N-methyl/N-ethyl adjacent to an activating group) is 1. The van der Waals surface area contributed by atoms with Crippen molar-refractivity contribution in [1.82, 2.24) is 24.9 Å². The topological polar surface area (TPSA) is 53.4 Å². The zero-order chi connectivity index (χ0) is 17.1. The fourth-order valence-corrected chi connectivity index (χ4v) is 4.12. The summed E-state index contributed by atoms with van der Waals surface area (Å²) >= 11 is 7.61. The molecule has 130 valence electrons. The van der Waals surface area contributed by atoms with Crippen molar-refractivity contribution >= 4 is 28.8 Å². The van der Waals surface area contributed by atoms with E-state index in [4.69, 9.17) is 11.6 Å². The number of carbonyl (C=O) groups excluding carboxylic acids is 1. The summed E-state index contributed by atoms with van der Waals surface area (Å²) in [6.45, 7) is 4.15. The van der Waals surface area contributed by atoms with E-state index in [0.29, 0.717) is 0 Å². The molecule has 0 aliphatic carbocycles. The normalized spacial score (nSPS) is 17.2. The van der Waals surface area contributed by atoms with E-state index in [1.54, 1.807) is 22.2 Å². The number of aromatic nitrogens is 2. The van der Waals surface area contributed by atoms with Gasteiger partial charge in [0.25, 0.3) is 0 Å². The molecule has 1 fully saturated rings. The van der Waals surface area contributed by atoms with Crippen molar-refractivity contribution in [1.29, 1.82) is 0 Å². The molecule has 24 heavy (non-hydrogen) atoms. The van der Waals surface area contributed by atoms with Crippen LogP contribution in [0.2, 0.25) is 4.34 Å². The number of thiophene rings is 1. The highest BCUT2D eigenvalue weighted by Crippen LogP contribution is 2.23. The Kier molecular flexibility index (Phi) is 5.55. The van der Waals surface area contributed by atoms with Crippen LogP contribution in [0.25, 0.3) is 0 Å². The van der Waals surface area contributed by atoms with E-state index in [2.05, 4.69) is 21.4 Å². The van der Waals surface area contributed by atoms with Crippen LogP contribution in [0.5, 0.6) is 0 Å². The lowest BCUT2D eigenvalue weighted by Gasteiger charge is -2.36. The second-order valence-electron chi connectivity index (χ2n) is 5.98. The average Bonchev–Trinajstić information content (AvgIpc) is 3.17. The average molecular weight is 368 g/mol. The molecule has 3 heterocycles. The SMILES string of the molecule is CNC(C(=O)N1CCN(Cc2ccc(Cl)s2)CC1)c1cnn(C)c1. The second-order valence-corrected chi connectivity index (χ2v) is 7.78. The molecular weight excluding hydrogens is 346 g/mol. The highest BCUT2D eigenvalue weighted by Gasteiger charge is 2.28. The minimum atomic E-state index is -0.332. The molecule has 2 aromatic heterocycles. The Balaban J connectivity index is 1.56. The van der Waals surface area contributed by atoms with Gasteiger partial charge in [-0.3, -0.25) is 14.4 Å². The number of aryl methyl sites for hydroxylation is 1. The van der Waals surface area contributed by atoms with Gasteiger partial charge in [0, 0.05) is 56.4 Å². The molecule has 6 nitrogen and oxygen atoms in total. The Morgan fingerprint density at radius 1 is 1.38 bits per heavy atom. The molecule has 0 aromatic carbocycles. The molecule has 0 saturated carbocycles. The molecule has 0 spiro atoms. The van der Waals surface area contributed by atoms with Crippen LogP contribution in [0.1, 0.15) is 16.5 Å². The number of carbonyl (C=O) groups is 1. The minimum absolute atomic E-state index is 0.115. The lowest BCUT2D eigenvalue weighted by atomic mass is 10.1. The molecule has 8 heteroatoms. The van der Waals surface area contributed by atoms with E-state index in [0.717, 1.165) is 42.6 Å². The van der Waals surface area contributed by atoms with Crippen LogP contribution in [0.3, 0.4) is 0 Å². The van der Waals surface area contributed by atoms with Crippen molar-refractivity contribution < 1.29 is 4.79 Å². The third kappa shape index (κ3) is 3.97. The Bertz CT molecular complexity index is 692. The Morgan fingerprint density at radius 2 is 2.12 bits per heavy atom. The maximum atomic E-state index is 12.8. The second kappa shape index (κ2) is 7.65. The largest absolute Gasteiger partial charge is 0.338 e. The van der Waals surface area contributed by atoms with Crippen molar-refractivity contribution in [3.05, 3.63) is 39.3 Å². The molecule has 3 rings (SSSR count). The third-order valence-corrected chi connectivity index (χ3v) is 5.50. The van der Waals surface area contributed by atoms with Gasteiger partial charge in [-0.2, -0.15) is 5.10 Å². The number of nitrogens with one attached hydrogen (secondary N) is 1. The molecule has 2 aromatic rings. The summed E-state index contributed by atoms with van der Waals surface area (Å²) in [5.41, 5.74) is 0.903. The molecular formula is C16H22ClN5OS. The van der Waals surface area contributed by atoms with Crippen LogP contribution in [0.15, 0.2) is 24.5 Å². The van der Waals surface area contributed by atoms with Gasteiger partial charge in [0.05, 0.1) is 10.5 Å². The Morgan fingerprint density at radius 3 is 2.67 bits per heavy atom. The maximum absolute atomic E-state index is 12.8. The lowest BCUT2D eigenvalue weighted by molar-refractivity contribution is -0.135. The summed E-state index contributed by atoms with van der Waals surface area (Å²) in [7, 11) is 3.67. The molecule has 0 bridgehead atoms. The van der Waals surface area contributed by atoms with E-state index < -0.39 is 0 Å². The van der Waals surface area contributed by atoms with Crippen molar-refractivity contribution in [3.63, 3.8) is 0 Å². The van der Waals surface area contributed by atoms with Crippen molar-refractivity contribution in [2.24, 2.45) is 7.05 Å². The summed E-state index contributed by atoms with van der Waals surface area (Å²) in [6.07, 6.45) is 3.63. The van der Waals surface area contributed by atoms with Crippen LogP contribution in [-0.4, -0.2) is 58.7 Å². The smallest absolute Gasteiger partial charge is 0.244 e. The highest BCUT2D eigenvalue weighted by molar-refractivity contribution is 7.16. The zero-order valence-corrected chi connectivity index (χ0v) is 15.5. The van der Waals surface area contributed by atoms with Gasteiger partial charge in [-0.25, -0.2) is 0 Å². The van der Waals surface area contributed by atoms with Gasteiger partial charge >= 0.3 is 0 Å². The van der Waals surface area contributed by atoms with Gasteiger partial charge in [-0.1, -0.05) is 11.6 Å². The molecule has 1 unspecified atom stereocenters. The van der Waals surface area contributed by atoms with Crippen molar-refractivity contribution in [2.45, 2.75) is 12.6 Å². The van der Waals surface area contributed by atoms with Crippen LogP contribution in [0, 0.1) is 0 Å². The van der Waals surface area contributed by atoms with Crippen molar-refractivity contribution in [3.8, 4) is 0 Å². The standard InChI is InChI=1S/C16H22ClN5OS/c1-18-15(12-9-19-20(2)10-12)16(23)22-7-5-21(6-8-22)11-13-3-4-14(17)24-13/h3-4,9-10,15,18H,5-8,11H2,1-2H3. The number of hydrogen-bond acceptors (Lipinski definition) is 5. The number of rotatable bonds is 5. The molecule has 0 radical (unpaired) electrons. The van der Waals surface area contributed by atoms with Crippen LogP contribution in [-0.2, 0) is 18.4 Å². The maximum Gasteiger partial charge on any atom is 0.244 e. The quantitative estimate of drug-likeness (QED) is 0.874. The highest BCUT2D eigenvalue weighted by atomic mass is 35.5. The fourth-order valence-electron chi connectivity index (χ4n) is 2.99. The number of nitrogens with zero attached hydrogens (tertiary/aromatic N) is 4. The Hall–Kier alpha value is -1.41. The first kappa shape index (κ1) is 17.4. The monoisotopic (exact) mass is 367 g/mol. The summed E-state index contributed by atoms with van der Waals surface area (Å²) in [6, 6.07) is 3.68. The lowest BCUT2D eigenvalue weighted by Crippen LogP contribution is -2.50. The fraction of sp³-hybridized carbons (Fsp3) is 0.500. The number of piperazine rings is 1. The van der Waals surface area contributed by atoms with E-state index in [9.17, 15) is 4.79 Å². The summed E-state index contributed by atoms with van der Waals surface area (Å²) in [4.78, 5) is 18.4. The van der Waals surface area contributed by atoms with E-state index in [1.807, 2.05) is 31.3 Å². The summed E-state index contributed by atoms with van der Waals surface area (Å²) < 4.78 is 2.55. The summed E-state index contributed by atoms with van der Waals surface area (Å²) in [5, 5.41) is 7.27. The predicted octanol–water partition coefficient (Wildman–Crippen LogP) is 1.74. The summed E-state index contributed by atoms with van der Waals surface area (Å²) in [5.74, 6) is 0.115. The van der Waals surface area contributed by atoms with E-state index in [-0.39, 0.29) is 11.9 Å². The zero-order valence-electron chi connectivity index (χ0n) is 13.9. The third-order valence-electron chi connectivity index (χ3n) is 4.29. The molecule has 1 atom stereocenters. The minimum Gasteiger partial charge on any atom is -0.338 e. The first-order valence-electron chi connectivity index (χ1n) is 7.98. The number of halogens is 1. The van der Waals surface area contributed by atoms with Crippen LogP contribution < -0.4 is 5.32 Å². The van der Waals surface area contributed by atoms with Gasteiger partial charge < -0.3 is 10.2 Å². The predicted molar refractivity (Wildman–Crippen MR) is 96.2 cm³/mol. The number of amides is 1. The van der Waals surface area contributed by atoms with Gasteiger partial charge in [-0.15, -0.1) is 11.3 Å². The van der Waals surface area contributed by atoms with Gasteiger partial charge in [0.2, 0.25) is 5.91 Å². The molecule has 1 N–H and O–H groups in total.